The van der Waals surface area contributed by atoms with Gasteiger partial charge < -0.3 is 5.32 Å². The second-order valence-electron chi connectivity index (χ2n) is 3.12. The molecule has 0 aliphatic rings. The van der Waals surface area contributed by atoms with Gasteiger partial charge in [0.15, 0.2) is 0 Å². The van der Waals surface area contributed by atoms with Crippen molar-refractivity contribution in [2.75, 3.05) is 7.05 Å². The largest absolute Gasteiger partial charge is 0.312 e. The van der Waals surface area contributed by atoms with Crippen molar-refractivity contribution >= 4 is 15.9 Å². The van der Waals surface area contributed by atoms with Crippen molar-refractivity contribution in [2.45, 2.75) is 19.4 Å². The fourth-order valence-electron chi connectivity index (χ4n) is 1.36. The first-order valence-corrected chi connectivity index (χ1v) is 5.50. The number of nitrogens with one attached hydrogen (secondary N) is 1. The summed E-state index contributed by atoms with van der Waals surface area (Å²) in [5.41, 5.74) is 0.903. The van der Waals surface area contributed by atoms with Crippen molar-refractivity contribution in [3.63, 3.8) is 0 Å². The minimum atomic E-state index is -0.239. The molecule has 0 saturated carbocycles. The number of hydrogen-bond acceptors (Lipinski definition) is 1. The molecule has 0 fully saturated rings. The third-order valence-corrected chi connectivity index (χ3v) is 3.02. The molecule has 1 unspecified atom stereocenters. The molecule has 0 aromatic heterocycles. The van der Waals surface area contributed by atoms with Crippen molar-refractivity contribution in [1.29, 1.82) is 0 Å². The molecule has 0 amide bonds. The fraction of sp³-hybridized carbons (Fsp3) is 0.333. The Kier molecular flexibility index (Phi) is 4.80. The van der Waals surface area contributed by atoms with Gasteiger partial charge in [-0.15, -0.1) is 11.8 Å². The number of benzene rings is 1. The molecule has 1 N–H and O–H groups in total. The Morgan fingerprint density at radius 2 is 2.27 bits per heavy atom. The van der Waals surface area contributed by atoms with Crippen molar-refractivity contribution in [2.24, 2.45) is 0 Å². The minimum Gasteiger partial charge on any atom is -0.312 e. The topological polar surface area (TPSA) is 12.0 Å². The van der Waals surface area contributed by atoms with Gasteiger partial charge in [0.05, 0.1) is 4.47 Å². The maximum atomic E-state index is 13.3. The van der Waals surface area contributed by atoms with Crippen molar-refractivity contribution in [3.8, 4) is 11.8 Å². The number of halogens is 2. The van der Waals surface area contributed by atoms with Crippen LogP contribution in [0.3, 0.4) is 0 Å². The van der Waals surface area contributed by atoms with Gasteiger partial charge in [-0.1, -0.05) is 12.1 Å². The Bertz CT molecular complexity index is 392. The minimum absolute atomic E-state index is 0.0579. The Morgan fingerprint density at radius 3 is 2.87 bits per heavy atom. The standard InChI is InChI=1S/C12H13BrFN/c1-3-4-8-11(15-2)9-6-5-7-10(14)12(9)13/h5-7,11,15H,8H2,1-2H3. The average molecular weight is 270 g/mol. The maximum absolute atomic E-state index is 13.3. The van der Waals surface area contributed by atoms with E-state index in [1.54, 1.807) is 13.0 Å². The number of hydrogen-bond donors (Lipinski definition) is 1. The molecule has 1 atom stereocenters. The van der Waals surface area contributed by atoms with E-state index in [0.717, 1.165) is 5.56 Å². The summed E-state index contributed by atoms with van der Waals surface area (Å²) in [4.78, 5) is 0. The predicted octanol–water partition coefficient (Wildman–Crippen LogP) is 3.26. The van der Waals surface area contributed by atoms with E-state index in [1.807, 2.05) is 13.1 Å². The lowest BCUT2D eigenvalue weighted by Crippen LogP contribution is -2.16. The van der Waals surface area contributed by atoms with E-state index < -0.39 is 0 Å². The monoisotopic (exact) mass is 269 g/mol. The van der Waals surface area contributed by atoms with E-state index in [1.165, 1.54) is 6.07 Å². The lowest BCUT2D eigenvalue weighted by atomic mass is 10.0. The molecule has 0 heterocycles. The molecule has 1 aromatic carbocycles. The first-order valence-electron chi connectivity index (χ1n) is 4.71. The highest BCUT2D eigenvalue weighted by atomic mass is 79.9. The molecule has 15 heavy (non-hydrogen) atoms. The van der Waals surface area contributed by atoms with Gasteiger partial charge in [0.1, 0.15) is 5.82 Å². The first-order chi connectivity index (χ1) is 7.20. The zero-order chi connectivity index (χ0) is 11.3. The first kappa shape index (κ1) is 12.2. The van der Waals surface area contributed by atoms with Gasteiger partial charge in [0.25, 0.3) is 0 Å². The van der Waals surface area contributed by atoms with Crippen LogP contribution in [-0.4, -0.2) is 7.05 Å². The molecule has 0 aliphatic carbocycles. The summed E-state index contributed by atoms with van der Waals surface area (Å²) in [6, 6.07) is 5.10. The molecule has 1 rings (SSSR count). The Morgan fingerprint density at radius 1 is 1.53 bits per heavy atom. The van der Waals surface area contributed by atoms with E-state index in [9.17, 15) is 4.39 Å². The van der Waals surface area contributed by atoms with E-state index in [-0.39, 0.29) is 11.9 Å². The third kappa shape index (κ3) is 3.05. The van der Waals surface area contributed by atoms with Crippen molar-refractivity contribution in [3.05, 3.63) is 34.1 Å². The summed E-state index contributed by atoms with van der Waals surface area (Å²) in [5, 5.41) is 3.12. The van der Waals surface area contributed by atoms with E-state index in [0.29, 0.717) is 10.9 Å². The molecule has 80 valence electrons. The molecule has 1 aromatic rings. The van der Waals surface area contributed by atoms with Crippen LogP contribution in [0.4, 0.5) is 4.39 Å². The quantitative estimate of drug-likeness (QED) is 0.831. The molecule has 0 radical (unpaired) electrons. The van der Waals surface area contributed by atoms with Crippen molar-refractivity contribution in [1.82, 2.24) is 5.32 Å². The summed E-state index contributed by atoms with van der Waals surface area (Å²) >= 11 is 3.25. The summed E-state index contributed by atoms with van der Waals surface area (Å²) in [5.74, 6) is 5.59. The predicted molar refractivity (Wildman–Crippen MR) is 64.0 cm³/mol. The van der Waals surface area contributed by atoms with Crippen LogP contribution in [0.1, 0.15) is 24.9 Å². The highest BCUT2D eigenvalue weighted by Gasteiger charge is 2.13. The third-order valence-electron chi connectivity index (χ3n) is 2.19. The Hall–Kier alpha value is -0.850. The summed E-state index contributed by atoms with van der Waals surface area (Å²) in [7, 11) is 1.85. The molecule has 0 bridgehead atoms. The van der Waals surface area contributed by atoms with E-state index >= 15 is 0 Å². The summed E-state index contributed by atoms with van der Waals surface area (Å²) in [6.07, 6.45) is 0.676. The zero-order valence-corrected chi connectivity index (χ0v) is 10.4. The second-order valence-corrected chi connectivity index (χ2v) is 3.91. The van der Waals surface area contributed by atoms with Crippen LogP contribution < -0.4 is 5.32 Å². The number of rotatable bonds is 3. The molecule has 0 saturated heterocycles. The fourth-order valence-corrected chi connectivity index (χ4v) is 1.90. The molecular formula is C12H13BrFN. The van der Waals surface area contributed by atoms with E-state index in [2.05, 4.69) is 33.1 Å². The summed E-state index contributed by atoms with van der Waals surface area (Å²) in [6.45, 7) is 1.80. The molecule has 3 heteroatoms. The van der Waals surface area contributed by atoms with Gasteiger partial charge >= 0.3 is 0 Å². The van der Waals surface area contributed by atoms with Gasteiger partial charge in [-0.05, 0) is 41.5 Å². The lowest BCUT2D eigenvalue weighted by Gasteiger charge is -2.15. The highest BCUT2D eigenvalue weighted by Crippen LogP contribution is 2.27. The molecule has 1 nitrogen and oxygen atoms in total. The van der Waals surface area contributed by atoms with Crippen molar-refractivity contribution < 1.29 is 4.39 Å². The smallest absolute Gasteiger partial charge is 0.137 e. The average Bonchev–Trinajstić information content (AvgIpc) is 2.25. The van der Waals surface area contributed by atoms with Crippen LogP contribution in [0.15, 0.2) is 22.7 Å². The van der Waals surface area contributed by atoms with Gasteiger partial charge in [0, 0.05) is 12.5 Å². The van der Waals surface area contributed by atoms with Gasteiger partial charge in [-0.25, -0.2) is 4.39 Å². The molecule has 0 spiro atoms. The lowest BCUT2D eigenvalue weighted by molar-refractivity contribution is 0.583. The van der Waals surface area contributed by atoms with Gasteiger partial charge in [-0.3, -0.25) is 0 Å². The van der Waals surface area contributed by atoms with Crippen LogP contribution in [0.5, 0.6) is 0 Å². The SMILES string of the molecule is CC#CCC(NC)c1cccc(F)c1Br. The van der Waals surface area contributed by atoms with E-state index in [4.69, 9.17) is 0 Å². The van der Waals surface area contributed by atoms with Gasteiger partial charge in [-0.2, -0.15) is 0 Å². The molecule has 0 aliphatic heterocycles. The summed E-state index contributed by atoms with van der Waals surface area (Å²) < 4.78 is 13.8. The normalized spacial score (nSPS) is 11.7. The Labute approximate surface area is 98.2 Å². The van der Waals surface area contributed by atoms with Crippen LogP contribution in [0.2, 0.25) is 0 Å². The second kappa shape index (κ2) is 5.89. The zero-order valence-electron chi connectivity index (χ0n) is 8.77. The van der Waals surface area contributed by atoms with Crippen LogP contribution in [0.25, 0.3) is 0 Å². The van der Waals surface area contributed by atoms with Gasteiger partial charge in [0.2, 0.25) is 0 Å². The van der Waals surface area contributed by atoms with Crippen LogP contribution in [-0.2, 0) is 0 Å². The maximum Gasteiger partial charge on any atom is 0.137 e. The van der Waals surface area contributed by atoms with Crippen LogP contribution in [0, 0.1) is 17.7 Å². The highest BCUT2D eigenvalue weighted by molar-refractivity contribution is 9.10. The molecular weight excluding hydrogens is 257 g/mol. The van der Waals surface area contributed by atoms with Crippen LogP contribution >= 0.6 is 15.9 Å². The Balaban J connectivity index is 2.99.